The zero-order chi connectivity index (χ0) is 14.5. The van der Waals surface area contributed by atoms with Crippen LogP contribution in [-0.2, 0) is 6.54 Å². The van der Waals surface area contributed by atoms with Crippen LogP contribution < -0.4 is 15.8 Å². The zero-order valence-electron chi connectivity index (χ0n) is 11.0. The van der Waals surface area contributed by atoms with Gasteiger partial charge in [0.05, 0.1) is 12.7 Å². The summed E-state index contributed by atoms with van der Waals surface area (Å²) >= 11 is 5.90. The highest BCUT2D eigenvalue weighted by atomic mass is 35.5. The predicted molar refractivity (Wildman–Crippen MR) is 80.0 cm³/mol. The summed E-state index contributed by atoms with van der Waals surface area (Å²) in [4.78, 5) is 12.2. The number of halogens is 1. The van der Waals surface area contributed by atoms with E-state index >= 15 is 0 Å². The summed E-state index contributed by atoms with van der Waals surface area (Å²) < 4.78 is 5.15. The van der Waals surface area contributed by atoms with Crippen LogP contribution in [-0.4, -0.2) is 13.0 Å². The normalized spacial score (nSPS) is 10.1. The number of ether oxygens (including phenoxy) is 1. The monoisotopic (exact) mass is 290 g/mol. The van der Waals surface area contributed by atoms with Gasteiger partial charge in [0.15, 0.2) is 0 Å². The number of amides is 1. The molecule has 0 bridgehead atoms. The molecule has 0 aliphatic heterocycles. The SMILES string of the molecule is COc1ccc(Cl)cc1C(=O)NCc1cccc(N)c1. The fraction of sp³-hybridized carbons (Fsp3) is 0.133. The number of carbonyl (C=O) groups excluding carboxylic acids is 1. The molecule has 104 valence electrons. The number of rotatable bonds is 4. The second-order valence-electron chi connectivity index (χ2n) is 4.27. The molecule has 0 aromatic heterocycles. The molecule has 0 aliphatic carbocycles. The lowest BCUT2D eigenvalue weighted by atomic mass is 10.1. The van der Waals surface area contributed by atoms with E-state index in [1.165, 1.54) is 7.11 Å². The predicted octanol–water partition coefficient (Wildman–Crippen LogP) is 2.86. The van der Waals surface area contributed by atoms with E-state index in [2.05, 4.69) is 5.32 Å². The first-order chi connectivity index (χ1) is 9.60. The third-order valence-electron chi connectivity index (χ3n) is 2.81. The lowest BCUT2D eigenvalue weighted by molar-refractivity contribution is 0.0948. The van der Waals surface area contributed by atoms with E-state index in [0.717, 1.165) is 5.56 Å². The standard InChI is InChI=1S/C15H15ClN2O2/c1-20-14-6-5-11(16)8-13(14)15(19)18-9-10-3-2-4-12(17)7-10/h2-8H,9,17H2,1H3,(H,18,19). The molecular formula is C15H15ClN2O2. The van der Waals surface area contributed by atoms with E-state index in [9.17, 15) is 4.79 Å². The minimum Gasteiger partial charge on any atom is -0.496 e. The van der Waals surface area contributed by atoms with E-state index < -0.39 is 0 Å². The van der Waals surface area contributed by atoms with Gasteiger partial charge in [-0.15, -0.1) is 0 Å². The number of methoxy groups -OCH3 is 1. The van der Waals surface area contributed by atoms with Gasteiger partial charge in [0.2, 0.25) is 0 Å². The number of nitrogens with two attached hydrogens (primary N) is 1. The van der Waals surface area contributed by atoms with E-state index in [1.54, 1.807) is 24.3 Å². The van der Waals surface area contributed by atoms with Gasteiger partial charge in [-0.1, -0.05) is 23.7 Å². The summed E-state index contributed by atoms with van der Waals surface area (Å²) in [6, 6.07) is 12.3. The maximum atomic E-state index is 12.2. The van der Waals surface area contributed by atoms with Crippen molar-refractivity contribution in [3.8, 4) is 5.75 Å². The Morgan fingerprint density at radius 3 is 2.80 bits per heavy atom. The lowest BCUT2D eigenvalue weighted by Gasteiger charge is -2.10. The third-order valence-corrected chi connectivity index (χ3v) is 3.05. The van der Waals surface area contributed by atoms with Crippen molar-refractivity contribution in [2.24, 2.45) is 0 Å². The Bertz CT molecular complexity index is 629. The molecule has 3 N–H and O–H groups in total. The molecule has 0 radical (unpaired) electrons. The summed E-state index contributed by atoms with van der Waals surface area (Å²) in [5, 5.41) is 3.30. The van der Waals surface area contributed by atoms with Gasteiger partial charge in [-0.3, -0.25) is 4.79 Å². The second-order valence-corrected chi connectivity index (χ2v) is 4.71. The zero-order valence-corrected chi connectivity index (χ0v) is 11.8. The Labute approximate surface area is 122 Å². The molecule has 1 amide bonds. The Kier molecular flexibility index (Phi) is 4.48. The van der Waals surface area contributed by atoms with Gasteiger partial charge < -0.3 is 15.8 Å². The van der Waals surface area contributed by atoms with Gasteiger partial charge >= 0.3 is 0 Å². The van der Waals surface area contributed by atoms with Crippen molar-refractivity contribution >= 4 is 23.2 Å². The Morgan fingerprint density at radius 2 is 2.10 bits per heavy atom. The fourth-order valence-corrected chi connectivity index (χ4v) is 2.01. The molecule has 0 fully saturated rings. The first-order valence-corrected chi connectivity index (χ1v) is 6.44. The fourth-order valence-electron chi connectivity index (χ4n) is 1.84. The molecule has 5 heteroatoms. The van der Waals surface area contributed by atoms with Crippen molar-refractivity contribution in [3.05, 3.63) is 58.6 Å². The van der Waals surface area contributed by atoms with Crippen LogP contribution in [0.5, 0.6) is 5.75 Å². The molecule has 0 spiro atoms. The summed E-state index contributed by atoms with van der Waals surface area (Å²) in [5.74, 6) is 0.242. The minimum absolute atomic E-state index is 0.244. The van der Waals surface area contributed by atoms with Gasteiger partial charge in [0.1, 0.15) is 5.75 Å². The van der Waals surface area contributed by atoms with Crippen molar-refractivity contribution in [1.82, 2.24) is 5.32 Å². The molecule has 0 saturated carbocycles. The second kappa shape index (κ2) is 6.30. The smallest absolute Gasteiger partial charge is 0.255 e. The maximum absolute atomic E-state index is 12.2. The van der Waals surface area contributed by atoms with Crippen molar-refractivity contribution in [3.63, 3.8) is 0 Å². The topological polar surface area (TPSA) is 64.3 Å². The summed E-state index contributed by atoms with van der Waals surface area (Å²) in [7, 11) is 1.51. The largest absolute Gasteiger partial charge is 0.496 e. The number of carbonyl (C=O) groups is 1. The first kappa shape index (κ1) is 14.2. The highest BCUT2D eigenvalue weighted by Gasteiger charge is 2.12. The number of nitrogen functional groups attached to an aromatic ring is 1. The van der Waals surface area contributed by atoms with Crippen molar-refractivity contribution < 1.29 is 9.53 Å². The molecular weight excluding hydrogens is 276 g/mol. The molecule has 0 saturated heterocycles. The molecule has 2 rings (SSSR count). The summed E-state index contributed by atoms with van der Waals surface area (Å²) in [6.45, 7) is 0.388. The highest BCUT2D eigenvalue weighted by Crippen LogP contribution is 2.22. The van der Waals surface area contributed by atoms with Crippen molar-refractivity contribution in [2.45, 2.75) is 6.54 Å². The summed E-state index contributed by atoms with van der Waals surface area (Å²) in [5.41, 5.74) is 7.69. The van der Waals surface area contributed by atoms with Crippen LogP contribution in [0.3, 0.4) is 0 Å². The molecule has 20 heavy (non-hydrogen) atoms. The van der Waals surface area contributed by atoms with Crippen LogP contribution in [0.4, 0.5) is 5.69 Å². The average molecular weight is 291 g/mol. The first-order valence-electron chi connectivity index (χ1n) is 6.06. The minimum atomic E-state index is -0.244. The molecule has 0 atom stereocenters. The molecule has 4 nitrogen and oxygen atoms in total. The quantitative estimate of drug-likeness (QED) is 0.851. The maximum Gasteiger partial charge on any atom is 0.255 e. The summed E-state index contributed by atoms with van der Waals surface area (Å²) in [6.07, 6.45) is 0. The van der Waals surface area contributed by atoms with Crippen LogP contribution in [0.1, 0.15) is 15.9 Å². The van der Waals surface area contributed by atoms with Crippen molar-refractivity contribution in [1.29, 1.82) is 0 Å². The number of hydrogen-bond donors (Lipinski definition) is 2. The van der Waals surface area contributed by atoms with E-state index in [-0.39, 0.29) is 5.91 Å². The Hall–Kier alpha value is -2.20. The third kappa shape index (κ3) is 3.42. The van der Waals surface area contributed by atoms with Crippen LogP contribution in [0, 0.1) is 0 Å². The Morgan fingerprint density at radius 1 is 1.30 bits per heavy atom. The Balaban J connectivity index is 2.10. The van der Waals surface area contributed by atoms with E-state index in [1.807, 2.05) is 18.2 Å². The molecule has 0 heterocycles. The van der Waals surface area contributed by atoms with Crippen LogP contribution in [0.25, 0.3) is 0 Å². The number of anilines is 1. The van der Waals surface area contributed by atoms with E-state index in [0.29, 0.717) is 28.6 Å². The van der Waals surface area contributed by atoms with Crippen LogP contribution >= 0.6 is 11.6 Å². The lowest BCUT2D eigenvalue weighted by Crippen LogP contribution is -2.23. The van der Waals surface area contributed by atoms with Gasteiger partial charge in [0, 0.05) is 17.3 Å². The van der Waals surface area contributed by atoms with Crippen LogP contribution in [0.15, 0.2) is 42.5 Å². The number of nitrogens with one attached hydrogen (secondary N) is 1. The molecule has 0 unspecified atom stereocenters. The number of benzene rings is 2. The van der Waals surface area contributed by atoms with Crippen molar-refractivity contribution in [2.75, 3.05) is 12.8 Å². The molecule has 0 aliphatic rings. The van der Waals surface area contributed by atoms with Gasteiger partial charge in [-0.25, -0.2) is 0 Å². The number of hydrogen-bond acceptors (Lipinski definition) is 3. The molecule has 2 aromatic rings. The van der Waals surface area contributed by atoms with Crippen LogP contribution in [0.2, 0.25) is 5.02 Å². The van der Waals surface area contributed by atoms with E-state index in [4.69, 9.17) is 22.1 Å². The highest BCUT2D eigenvalue weighted by molar-refractivity contribution is 6.31. The molecule has 2 aromatic carbocycles. The van der Waals surface area contributed by atoms with Gasteiger partial charge in [0.25, 0.3) is 5.91 Å². The van der Waals surface area contributed by atoms with Gasteiger partial charge in [-0.2, -0.15) is 0 Å². The average Bonchev–Trinajstić information content (AvgIpc) is 2.45. The van der Waals surface area contributed by atoms with Gasteiger partial charge in [-0.05, 0) is 35.9 Å².